The Balaban J connectivity index is 2.32. The van der Waals surface area contributed by atoms with Gasteiger partial charge in [0.05, 0.1) is 6.54 Å². The molecule has 0 aromatic heterocycles. The molecule has 1 fully saturated rings. The molecule has 0 saturated carbocycles. The molecule has 1 aliphatic heterocycles. The van der Waals surface area contributed by atoms with Crippen molar-refractivity contribution in [2.45, 2.75) is 58.0 Å². The molecule has 4 nitrogen and oxygen atoms in total. The van der Waals surface area contributed by atoms with Gasteiger partial charge in [-0.25, -0.2) is 0 Å². The zero-order valence-corrected chi connectivity index (χ0v) is 11.6. The van der Waals surface area contributed by atoms with Crippen molar-refractivity contribution in [2.24, 2.45) is 0 Å². The van der Waals surface area contributed by atoms with Gasteiger partial charge in [-0.1, -0.05) is 6.92 Å². The summed E-state index contributed by atoms with van der Waals surface area (Å²) in [6, 6.07) is 0. The number of carbonyl (C=O) groups excluding carboxylic acids is 1. The summed E-state index contributed by atoms with van der Waals surface area (Å²) in [6.45, 7) is 10.3. The van der Waals surface area contributed by atoms with Gasteiger partial charge in [0, 0.05) is 24.3 Å². The van der Waals surface area contributed by atoms with Crippen LogP contribution in [0.4, 0.5) is 0 Å². The predicted octanol–water partition coefficient (Wildman–Crippen LogP) is 1.45. The first kappa shape index (κ1) is 14.5. The second kappa shape index (κ2) is 5.83. The van der Waals surface area contributed by atoms with E-state index in [-0.39, 0.29) is 17.0 Å². The number of amides is 1. The first-order chi connectivity index (χ1) is 7.87. The zero-order valence-electron chi connectivity index (χ0n) is 11.6. The molecule has 0 aliphatic carbocycles. The highest BCUT2D eigenvalue weighted by Gasteiger charge is 2.27. The molecular formula is C13H26N2O2. The highest BCUT2D eigenvalue weighted by Crippen LogP contribution is 2.19. The molecule has 1 heterocycles. The van der Waals surface area contributed by atoms with Gasteiger partial charge in [-0.2, -0.15) is 0 Å². The minimum atomic E-state index is -0.116. The van der Waals surface area contributed by atoms with Gasteiger partial charge in [-0.05, 0) is 40.0 Å². The Labute approximate surface area is 104 Å². The third-order valence-electron chi connectivity index (χ3n) is 3.63. The van der Waals surface area contributed by atoms with Gasteiger partial charge in [0.2, 0.25) is 5.91 Å². The summed E-state index contributed by atoms with van der Waals surface area (Å²) in [5.74, 6) is 0.0737. The minimum Gasteiger partial charge on any atom is -0.381 e. The van der Waals surface area contributed by atoms with Gasteiger partial charge >= 0.3 is 0 Å². The van der Waals surface area contributed by atoms with Crippen molar-refractivity contribution in [2.75, 3.05) is 19.8 Å². The zero-order chi connectivity index (χ0) is 12.9. The van der Waals surface area contributed by atoms with E-state index in [1.807, 2.05) is 13.8 Å². The van der Waals surface area contributed by atoms with Gasteiger partial charge in [-0.3, -0.25) is 4.79 Å². The number of carbonyl (C=O) groups is 1. The Morgan fingerprint density at radius 2 is 1.94 bits per heavy atom. The smallest absolute Gasteiger partial charge is 0.234 e. The summed E-state index contributed by atoms with van der Waals surface area (Å²) < 4.78 is 5.33. The maximum absolute atomic E-state index is 11.8. The molecule has 0 spiro atoms. The average molecular weight is 242 g/mol. The quantitative estimate of drug-likeness (QED) is 0.767. The Morgan fingerprint density at radius 3 is 2.47 bits per heavy atom. The highest BCUT2D eigenvalue weighted by molar-refractivity contribution is 5.78. The monoisotopic (exact) mass is 242 g/mol. The van der Waals surface area contributed by atoms with Crippen LogP contribution < -0.4 is 10.6 Å². The average Bonchev–Trinajstić information content (AvgIpc) is 2.27. The molecule has 0 bridgehead atoms. The number of ether oxygens (including phenoxy) is 1. The molecule has 0 radical (unpaired) electrons. The van der Waals surface area contributed by atoms with Crippen LogP contribution in [0.3, 0.4) is 0 Å². The molecule has 0 unspecified atom stereocenters. The number of hydrogen-bond donors (Lipinski definition) is 2. The van der Waals surface area contributed by atoms with Gasteiger partial charge in [0.25, 0.3) is 0 Å². The summed E-state index contributed by atoms with van der Waals surface area (Å²) in [5.41, 5.74) is -0.0682. The second-order valence-electron chi connectivity index (χ2n) is 5.81. The number of nitrogens with one attached hydrogen (secondary N) is 2. The molecule has 17 heavy (non-hydrogen) atoms. The molecule has 2 N–H and O–H groups in total. The van der Waals surface area contributed by atoms with Crippen molar-refractivity contribution in [3.05, 3.63) is 0 Å². The number of hydrogen-bond acceptors (Lipinski definition) is 3. The Bertz CT molecular complexity index is 258. The standard InChI is InChI=1S/C13H26N2O2/c1-5-12(2,3)15-11(16)10-14-13(4)6-8-17-9-7-13/h14H,5-10H2,1-4H3,(H,15,16). The SMILES string of the molecule is CCC(C)(C)NC(=O)CNC1(C)CCOCC1. The van der Waals surface area contributed by atoms with Gasteiger partial charge in [0.1, 0.15) is 0 Å². The lowest BCUT2D eigenvalue weighted by molar-refractivity contribution is -0.122. The van der Waals surface area contributed by atoms with E-state index in [9.17, 15) is 4.79 Å². The van der Waals surface area contributed by atoms with Crippen molar-refractivity contribution in [3.63, 3.8) is 0 Å². The largest absolute Gasteiger partial charge is 0.381 e. The highest BCUT2D eigenvalue weighted by atomic mass is 16.5. The second-order valence-corrected chi connectivity index (χ2v) is 5.81. The van der Waals surface area contributed by atoms with E-state index in [1.54, 1.807) is 0 Å². The third-order valence-corrected chi connectivity index (χ3v) is 3.63. The summed E-state index contributed by atoms with van der Waals surface area (Å²) >= 11 is 0. The normalized spacial score (nSPS) is 20.0. The molecule has 1 saturated heterocycles. The van der Waals surface area contributed by atoms with E-state index in [0.29, 0.717) is 6.54 Å². The summed E-state index contributed by atoms with van der Waals surface area (Å²) in [5, 5.41) is 6.38. The van der Waals surface area contributed by atoms with Crippen molar-refractivity contribution in [3.8, 4) is 0 Å². The van der Waals surface area contributed by atoms with Crippen molar-refractivity contribution in [1.82, 2.24) is 10.6 Å². The van der Waals surface area contributed by atoms with Gasteiger partial charge in [-0.15, -0.1) is 0 Å². The van der Waals surface area contributed by atoms with E-state index in [1.165, 1.54) is 0 Å². The summed E-state index contributed by atoms with van der Waals surface area (Å²) in [7, 11) is 0. The topological polar surface area (TPSA) is 50.4 Å². The van der Waals surface area contributed by atoms with Crippen LogP contribution in [0, 0.1) is 0 Å². The molecule has 0 aromatic rings. The minimum absolute atomic E-state index is 0.0476. The van der Waals surface area contributed by atoms with E-state index in [0.717, 1.165) is 32.5 Å². The fourth-order valence-electron chi connectivity index (χ4n) is 1.80. The van der Waals surface area contributed by atoms with Crippen molar-refractivity contribution >= 4 is 5.91 Å². The van der Waals surface area contributed by atoms with E-state index < -0.39 is 0 Å². The first-order valence-electron chi connectivity index (χ1n) is 6.51. The van der Waals surface area contributed by atoms with E-state index in [4.69, 9.17) is 4.74 Å². The summed E-state index contributed by atoms with van der Waals surface area (Å²) in [6.07, 6.45) is 2.87. The fraction of sp³-hybridized carbons (Fsp3) is 0.923. The first-order valence-corrected chi connectivity index (χ1v) is 6.51. The van der Waals surface area contributed by atoms with Crippen LogP contribution >= 0.6 is 0 Å². The molecule has 1 amide bonds. The fourth-order valence-corrected chi connectivity index (χ4v) is 1.80. The molecule has 0 aromatic carbocycles. The molecule has 100 valence electrons. The maximum Gasteiger partial charge on any atom is 0.234 e. The van der Waals surface area contributed by atoms with Crippen LogP contribution in [-0.4, -0.2) is 36.7 Å². The van der Waals surface area contributed by atoms with E-state index >= 15 is 0 Å². The maximum atomic E-state index is 11.8. The van der Waals surface area contributed by atoms with Crippen LogP contribution in [0.25, 0.3) is 0 Å². The van der Waals surface area contributed by atoms with E-state index in [2.05, 4.69) is 24.5 Å². The Hall–Kier alpha value is -0.610. The predicted molar refractivity (Wildman–Crippen MR) is 69.0 cm³/mol. The number of rotatable bonds is 5. The van der Waals surface area contributed by atoms with Gasteiger partial charge < -0.3 is 15.4 Å². The van der Waals surface area contributed by atoms with Crippen molar-refractivity contribution in [1.29, 1.82) is 0 Å². The summed E-state index contributed by atoms with van der Waals surface area (Å²) in [4.78, 5) is 11.8. The van der Waals surface area contributed by atoms with Crippen molar-refractivity contribution < 1.29 is 9.53 Å². The molecule has 1 aliphatic rings. The lowest BCUT2D eigenvalue weighted by atomic mass is 9.92. The lowest BCUT2D eigenvalue weighted by Crippen LogP contribution is -2.53. The third kappa shape index (κ3) is 5.04. The van der Waals surface area contributed by atoms with Crippen LogP contribution in [0.2, 0.25) is 0 Å². The Kier molecular flexibility index (Phi) is 4.95. The molecule has 1 rings (SSSR count). The van der Waals surface area contributed by atoms with Crippen LogP contribution in [0.1, 0.15) is 47.0 Å². The van der Waals surface area contributed by atoms with Gasteiger partial charge in [0.15, 0.2) is 0 Å². The van der Waals surface area contributed by atoms with Crippen LogP contribution in [0.15, 0.2) is 0 Å². The van der Waals surface area contributed by atoms with Crippen LogP contribution in [-0.2, 0) is 9.53 Å². The molecule has 0 atom stereocenters. The molecular weight excluding hydrogens is 216 g/mol. The van der Waals surface area contributed by atoms with Crippen LogP contribution in [0.5, 0.6) is 0 Å². The lowest BCUT2D eigenvalue weighted by Gasteiger charge is -2.35. The molecule has 4 heteroatoms. The Morgan fingerprint density at radius 1 is 1.35 bits per heavy atom.